The lowest BCUT2D eigenvalue weighted by Gasteiger charge is -2.12. The molecule has 1 unspecified atom stereocenters. The topological polar surface area (TPSA) is 73.1 Å². The van der Waals surface area contributed by atoms with Crippen molar-refractivity contribution in [2.24, 2.45) is 5.73 Å². The van der Waals surface area contributed by atoms with Gasteiger partial charge in [-0.3, -0.25) is 0 Å². The SMILES string of the molecule is COc1ccnc(NCCC(N)c2ccccc2)n1. The Hall–Kier alpha value is -2.14. The number of rotatable bonds is 6. The first-order valence-electron chi connectivity index (χ1n) is 6.21. The van der Waals surface area contributed by atoms with Crippen LogP contribution in [0.3, 0.4) is 0 Å². The highest BCUT2D eigenvalue weighted by molar-refractivity contribution is 5.27. The maximum atomic E-state index is 6.11. The highest BCUT2D eigenvalue weighted by Gasteiger charge is 2.05. The number of nitrogens with two attached hydrogens (primary N) is 1. The van der Waals surface area contributed by atoms with Crippen LogP contribution >= 0.6 is 0 Å². The van der Waals surface area contributed by atoms with Gasteiger partial charge in [0, 0.05) is 24.8 Å². The van der Waals surface area contributed by atoms with Crippen molar-refractivity contribution in [2.45, 2.75) is 12.5 Å². The van der Waals surface area contributed by atoms with Crippen molar-refractivity contribution >= 4 is 5.95 Å². The lowest BCUT2D eigenvalue weighted by molar-refractivity contribution is 0.397. The first-order chi connectivity index (χ1) is 9.29. The summed E-state index contributed by atoms with van der Waals surface area (Å²) in [7, 11) is 1.58. The van der Waals surface area contributed by atoms with E-state index in [4.69, 9.17) is 10.5 Å². The third kappa shape index (κ3) is 3.93. The van der Waals surface area contributed by atoms with Crippen molar-refractivity contribution in [1.82, 2.24) is 9.97 Å². The minimum atomic E-state index is 0.0132. The van der Waals surface area contributed by atoms with E-state index in [2.05, 4.69) is 15.3 Å². The molecule has 0 saturated heterocycles. The van der Waals surface area contributed by atoms with E-state index < -0.39 is 0 Å². The first-order valence-corrected chi connectivity index (χ1v) is 6.21. The smallest absolute Gasteiger partial charge is 0.225 e. The molecule has 1 aromatic carbocycles. The predicted molar refractivity (Wildman–Crippen MR) is 75.1 cm³/mol. The fourth-order valence-corrected chi connectivity index (χ4v) is 1.75. The summed E-state index contributed by atoms with van der Waals surface area (Å²) >= 11 is 0. The monoisotopic (exact) mass is 258 g/mol. The molecule has 0 bridgehead atoms. The van der Waals surface area contributed by atoms with Crippen LogP contribution in [0.5, 0.6) is 5.88 Å². The normalized spacial score (nSPS) is 11.9. The van der Waals surface area contributed by atoms with E-state index in [1.54, 1.807) is 19.4 Å². The molecule has 0 spiro atoms. The van der Waals surface area contributed by atoms with Gasteiger partial charge in [-0.25, -0.2) is 4.98 Å². The first kappa shape index (κ1) is 13.3. The van der Waals surface area contributed by atoms with E-state index in [0.717, 1.165) is 12.0 Å². The second kappa shape index (κ2) is 6.70. The zero-order chi connectivity index (χ0) is 13.5. The van der Waals surface area contributed by atoms with Gasteiger partial charge in [0.2, 0.25) is 11.8 Å². The maximum Gasteiger partial charge on any atom is 0.225 e. The fraction of sp³-hybridized carbons (Fsp3) is 0.286. The van der Waals surface area contributed by atoms with Crippen LogP contribution in [0.4, 0.5) is 5.95 Å². The molecule has 1 heterocycles. The summed E-state index contributed by atoms with van der Waals surface area (Å²) in [5, 5.41) is 3.14. The van der Waals surface area contributed by atoms with Crippen LogP contribution in [0.1, 0.15) is 18.0 Å². The van der Waals surface area contributed by atoms with E-state index >= 15 is 0 Å². The Kier molecular flexibility index (Phi) is 4.69. The van der Waals surface area contributed by atoms with Crippen LogP contribution in [-0.2, 0) is 0 Å². The number of hydrogen-bond acceptors (Lipinski definition) is 5. The third-order valence-electron chi connectivity index (χ3n) is 2.81. The minimum absolute atomic E-state index is 0.0132. The third-order valence-corrected chi connectivity index (χ3v) is 2.81. The molecule has 19 heavy (non-hydrogen) atoms. The summed E-state index contributed by atoms with van der Waals surface area (Å²) in [4.78, 5) is 8.29. The van der Waals surface area contributed by atoms with Crippen LogP contribution in [0, 0.1) is 0 Å². The van der Waals surface area contributed by atoms with E-state index in [1.165, 1.54) is 0 Å². The van der Waals surface area contributed by atoms with Gasteiger partial charge in [0.05, 0.1) is 7.11 Å². The van der Waals surface area contributed by atoms with Crippen LogP contribution in [-0.4, -0.2) is 23.6 Å². The van der Waals surface area contributed by atoms with Gasteiger partial charge >= 0.3 is 0 Å². The van der Waals surface area contributed by atoms with Gasteiger partial charge in [-0.05, 0) is 12.0 Å². The standard InChI is InChI=1S/C14H18N4O/c1-19-13-8-10-17-14(18-13)16-9-7-12(15)11-5-3-2-4-6-11/h2-6,8,10,12H,7,9,15H2,1H3,(H,16,17,18). The number of aromatic nitrogens is 2. The largest absolute Gasteiger partial charge is 0.481 e. The van der Waals surface area contributed by atoms with Gasteiger partial charge in [-0.15, -0.1) is 0 Å². The maximum absolute atomic E-state index is 6.11. The van der Waals surface area contributed by atoms with Crippen LogP contribution in [0.25, 0.3) is 0 Å². The Labute approximate surface area is 112 Å². The lowest BCUT2D eigenvalue weighted by Crippen LogP contribution is -2.16. The highest BCUT2D eigenvalue weighted by atomic mass is 16.5. The molecule has 100 valence electrons. The number of nitrogens with one attached hydrogen (secondary N) is 1. The fourth-order valence-electron chi connectivity index (χ4n) is 1.75. The number of anilines is 1. The van der Waals surface area contributed by atoms with Gasteiger partial charge in [-0.1, -0.05) is 30.3 Å². The highest BCUT2D eigenvalue weighted by Crippen LogP contribution is 2.13. The molecule has 1 atom stereocenters. The van der Waals surface area contributed by atoms with Crippen LogP contribution in [0.15, 0.2) is 42.6 Å². The van der Waals surface area contributed by atoms with Crippen molar-refractivity contribution in [3.63, 3.8) is 0 Å². The van der Waals surface area contributed by atoms with Crippen molar-refractivity contribution in [3.05, 3.63) is 48.2 Å². The summed E-state index contributed by atoms with van der Waals surface area (Å²) in [5.41, 5.74) is 7.24. The molecule has 2 rings (SSSR count). The molecule has 0 aliphatic rings. The number of nitrogens with zero attached hydrogens (tertiary/aromatic N) is 2. The lowest BCUT2D eigenvalue weighted by atomic mass is 10.1. The Morgan fingerprint density at radius 2 is 2.05 bits per heavy atom. The second-order valence-electron chi connectivity index (χ2n) is 4.16. The zero-order valence-electron chi connectivity index (χ0n) is 10.9. The Morgan fingerprint density at radius 3 is 2.79 bits per heavy atom. The predicted octanol–water partition coefficient (Wildman–Crippen LogP) is 1.99. The van der Waals surface area contributed by atoms with Crippen LogP contribution < -0.4 is 15.8 Å². The zero-order valence-corrected chi connectivity index (χ0v) is 10.9. The minimum Gasteiger partial charge on any atom is -0.481 e. The van der Waals surface area contributed by atoms with Crippen molar-refractivity contribution in [3.8, 4) is 5.88 Å². The average molecular weight is 258 g/mol. The number of hydrogen-bond donors (Lipinski definition) is 2. The summed E-state index contributed by atoms with van der Waals surface area (Å²) in [6, 6.07) is 11.8. The molecule has 0 aliphatic heterocycles. The summed E-state index contributed by atoms with van der Waals surface area (Å²) < 4.78 is 5.04. The quantitative estimate of drug-likeness (QED) is 0.829. The van der Waals surface area contributed by atoms with Gasteiger partial charge < -0.3 is 15.8 Å². The summed E-state index contributed by atoms with van der Waals surface area (Å²) in [5.74, 6) is 1.10. The van der Waals surface area contributed by atoms with Crippen molar-refractivity contribution in [2.75, 3.05) is 19.0 Å². The molecule has 0 saturated carbocycles. The molecule has 2 aromatic rings. The molecule has 0 amide bonds. The number of ether oxygens (including phenoxy) is 1. The summed E-state index contributed by atoms with van der Waals surface area (Å²) in [6.07, 6.45) is 2.47. The van der Waals surface area contributed by atoms with E-state index in [9.17, 15) is 0 Å². The number of benzene rings is 1. The second-order valence-corrected chi connectivity index (χ2v) is 4.16. The molecule has 5 nitrogen and oxygen atoms in total. The number of methoxy groups -OCH3 is 1. The molecule has 3 N–H and O–H groups in total. The molecule has 5 heteroatoms. The molecule has 1 aromatic heterocycles. The van der Waals surface area contributed by atoms with Gasteiger partial charge in [0.25, 0.3) is 0 Å². The summed E-state index contributed by atoms with van der Waals surface area (Å²) in [6.45, 7) is 0.712. The molecular weight excluding hydrogens is 240 g/mol. The van der Waals surface area contributed by atoms with E-state index in [0.29, 0.717) is 18.4 Å². The van der Waals surface area contributed by atoms with Gasteiger partial charge in [0.15, 0.2) is 0 Å². The van der Waals surface area contributed by atoms with Gasteiger partial charge in [-0.2, -0.15) is 4.98 Å². The Morgan fingerprint density at radius 1 is 1.26 bits per heavy atom. The molecule has 0 radical (unpaired) electrons. The average Bonchev–Trinajstić information content (AvgIpc) is 2.48. The molecular formula is C14H18N4O. The van der Waals surface area contributed by atoms with E-state index in [1.807, 2.05) is 30.3 Å². The van der Waals surface area contributed by atoms with Crippen LogP contribution in [0.2, 0.25) is 0 Å². The van der Waals surface area contributed by atoms with Crippen molar-refractivity contribution in [1.29, 1.82) is 0 Å². The molecule has 0 aliphatic carbocycles. The van der Waals surface area contributed by atoms with Gasteiger partial charge in [0.1, 0.15) is 0 Å². The van der Waals surface area contributed by atoms with Crippen molar-refractivity contribution < 1.29 is 4.74 Å². The Bertz CT molecular complexity index is 504. The Balaban J connectivity index is 1.83. The molecule has 0 fully saturated rings. The van der Waals surface area contributed by atoms with E-state index in [-0.39, 0.29) is 6.04 Å².